The van der Waals surface area contributed by atoms with E-state index < -0.39 is 0 Å². The summed E-state index contributed by atoms with van der Waals surface area (Å²) in [6.45, 7) is 6.48. The van der Waals surface area contributed by atoms with Gasteiger partial charge in [-0.05, 0) is 32.1 Å². The van der Waals surface area contributed by atoms with Crippen LogP contribution in [0.3, 0.4) is 0 Å². The molecule has 1 unspecified atom stereocenters. The van der Waals surface area contributed by atoms with E-state index in [9.17, 15) is 0 Å². The quantitative estimate of drug-likeness (QED) is 0.680. The molecule has 1 aliphatic carbocycles. The van der Waals surface area contributed by atoms with Crippen molar-refractivity contribution >= 4 is 0 Å². The van der Waals surface area contributed by atoms with Gasteiger partial charge >= 0.3 is 0 Å². The van der Waals surface area contributed by atoms with Gasteiger partial charge in [-0.1, -0.05) is 26.2 Å². The highest BCUT2D eigenvalue weighted by Gasteiger charge is 2.20. The first-order valence-electron chi connectivity index (χ1n) is 5.42. The van der Waals surface area contributed by atoms with Crippen LogP contribution in [-0.4, -0.2) is 6.04 Å². The van der Waals surface area contributed by atoms with Crippen LogP contribution in [0.25, 0.3) is 0 Å². The molecule has 0 bridgehead atoms. The summed E-state index contributed by atoms with van der Waals surface area (Å²) in [5.41, 5.74) is 0. The van der Waals surface area contributed by atoms with Crippen molar-refractivity contribution in [1.29, 1.82) is 0 Å². The second-order valence-electron chi connectivity index (χ2n) is 3.87. The summed E-state index contributed by atoms with van der Waals surface area (Å²) in [4.78, 5) is 0. The van der Waals surface area contributed by atoms with Crippen molar-refractivity contribution in [2.75, 3.05) is 0 Å². The maximum atomic E-state index is 3.48. The molecule has 1 N–H and O–H groups in total. The first-order chi connectivity index (χ1) is 5.88. The van der Waals surface area contributed by atoms with Gasteiger partial charge in [0.05, 0.1) is 0 Å². The third-order valence-electron chi connectivity index (χ3n) is 3.04. The molecule has 0 aromatic heterocycles. The van der Waals surface area contributed by atoms with Gasteiger partial charge in [0.1, 0.15) is 0 Å². The monoisotopic (exact) mass is 168 g/mol. The molecular formula is C11H22N. The smallest absolute Gasteiger partial charge is 0.0193 e. The van der Waals surface area contributed by atoms with Crippen molar-refractivity contribution in [2.45, 2.75) is 58.4 Å². The number of nitrogens with one attached hydrogen (secondary N) is 1. The van der Waals surface area contributed by atoms with E-state index in [1.54, 1.807) is 0 Å². The maximum absolute atomic E-state index is 3.48. The molecule has 1 heteroatoms. The molecule has 0 amide bonds. The molecule has 0 saturated heterocycles. The Morgan fingerprint density at radius 1 is 1.33 bits per heavy atom. The Morgan fingerprint density at radius 2 is 2.00 bits per heavy atom. The van der Waals surface area contributed by atoms with E-state index in [1.807, 2.05) is 0 Å². The van der Waals surface area contributed by atoms with Gasteiger partial charge in [0.15, 0.2) is 0 Å². The second-order valence-corrected chi connectivity index (χ2v) is 3.87. The van der Waals surface area contributed by atoms with Gasteiger partial charge in [-0.25, -0.2) is 0 Å². The van der Waals surface area contributed by atoms with E-state index >= 15 is 0 Å². The van der Waals surface area contributed by atoms with Crippen LogP contribution in [0.5, 0.6) is 0 Å². The molecule has 0 spiro atoms. The molecule has 1 aliphatic rings. The predicted octanol–water partition coefficient (Wildman–Crippen LogP) is 3.12. The fourth-order valence-electron chi connectivity index (χ4n) is 2.34. The Labute approximate surface area is 76.9 Å². The minimum atomic E-state index is 0.746. The zero-order valence-electron chi connectivity index (χ0n) is 8.47. The van der Waals surface area contributed by atoms with Crippen molar-refractivity contribution < 1.29 is 0 Å². The van der Waals surface area contributed by atoms with E-state index in [-0.39, 0.29) is 0 Å². The number of rotatable bonds is 4. The molecule has 71 valence electrons. The summed E-state index contributed by atoms with van der Waals surface area (Å²) >= 11 is 0. The molecule has 1 atom stereocenters. The Kier molecular flexibility index (Phi) is 4.67. The van der Waals surface area contributed by atoms with Crippen LogP contribution < -0.4 is 5.32 Å². The molecule has 0 aromatic carbocycles. The third-order valence-corrected chi connectivity index (χ3v) is 3.04. The van der Waals surface area contributed by atoms with E-state index in [4.69, 9.17) is 0 Å². The topological polar surface area (TPSA) is 12.0 Å². The normalized spacial score (nSPS) is 22.5. The summed E-state index contributed by atoms with van der Waals surface area (Å²) in [5.74, 6) is 0.944. The lowest BCUT2D eigenvalue weighted by molar-refractivity contribution is 0.273. The van der Waals surface area contributed by atoms with Crippen molar-refractivity contribution in [3.05, 3.63) is 6.54 Å². The molecule has 1 nitrogen and oxygen atoms in total. The zero-order valence-corrected chi connectivity index (χ0v) is 8.47. The highest BCUT2D eigenvalue weighted by atomic mass is 14.9. The predicted molar refractivity (Wildman–Crippen MR) is 53.8 cm³/mol. The minimum Gasteiger partial charge on any atom is -0.310 e. The fourth-order valence-corrected chi connectivity index (χ4v) is 2.34. The van der Waals surface area contributed by atoms with Gasteiger partial charge in [-0.2, -0.15) is 0 Å². The van der Waals surface area contributed by atoms with E-state index in [0.29, 0.717) is 0 Å². The lowest BCUT2D eigenvalue weighted by atomic mass is 9.83. The largest absolute Gasteiger partial charge is 0.310 e. The highest BCUT2D eigenvalue weighted by molar-refractivity contribution is 4.79. The Morgan fingerprint density at radius 3 is 2.50 bits per heavy atom. The number of hydrogen-bond donors (Lipinski definition) is 1. The zero-order chi connectivity index (χ0) is 8.81. The molecule has 12 heavy (non-hydrogen) atoms. The van der Waals surface area contributed by atoms with Crippen molar-refractivity contribution in [2.24, 2.45) is 5.92 Å². The van der Waals surface area contributed by atoms with Gasteiger partial charge in [-0.15, -0.1) is 0 Å². The summed E-state index contributed by atoms with van der Waals surface area (Å²) in [6.07, 6.45) is 8.52. The molecule has 1 fully saturated rings. The molecular weight excluding hydrogens is 146 g/mol. The Bertz CT molecular complexity index is 103. The average molecular weight is 168 g/mol. The van der Waals surface area contributed by atoms with Gasteiger partial charge in [-0.3, -0.25) is 0 Å². The summed E-state index contributed by atoms with van der Waals surface area (Å²) < 4.78 is 0. The average Bonchev–Trinajstić information content (AvgIpc) is 2.15. The molecule has 1 radical (unpaired) electrons. The van der Waals surface area contributed by atoms with E-state index in [2.05, 4.69) is 25.7 Å². The van der Waals surface area contributed by atoms with Crippen LogP contribution in [0.4, 0.5) is 0 Å². The van der Waals surface area contributed by atoms with Crippen LogP contribution in [0, 0.1) is 12.5 Å². The van der Waals surface area contributed by atoms with Crippen LogP contribution in [-0.2, 0) is 0 Å². The van der Waals surface area contributed by atoms with Crippen molar-refractivity contribution in [3.63, 3.8) is 0 Å². The first kappa shape index (κ1) is 10.0. The molecule has 0 aliphatic heterocycles. The lowest BCUT2D eigenvalue weighted by Crippen LogP contribution is -2.34. The van der Waals surface area contributed by atoms with Crippen LogP contribution in [0.15, 0.2) is 0 Å². The van der Waals surface area contributed by atoms with E-state index in [0.717, 1.165) is 12.0 Å². The molecule has 0 aromatic rings. The summed E-state index contributed by atoms with van der Waals surface area (Å²) in [7, 11) is 0. The van der Waals surface area contributed by atoms with E-state index in [1.165, 1.54) is 38.5 Å². The standard InChI is InChI=1S/C11H22N/c1-3-11(12-4-2)10-8-6-5-7-9-10/h4,10-12H,3,5-9H2,1-2H3. The van der Waals surface area contributed by atoms with Crippen molar-refractivity contribution in [3.8, 4) is 0 Å². The van der Waals surface area contributed by atoms with Crippen LogP contribution >= 0.6 is 0 Å². The molecule has 1 saturated carbocycles. The Hall–Kier alpha value is -0.0400. The molecule has 1 rings (SSSR count). The number of hydrogen-bond acceptors (Lipinski definition) is 1. The molecule has 0 heterocycles. The van der Waals surface area contributed by atoms with Crippen LogP contribution in [0.2, 0.25) is 0 Å². The summed E-state index contributed by atoms with van der Waals surface area (Å²) in [5, 5.41) is 3.48. The first-order valence-corrected chi connectivity index (χ1v) is 5.42. The minimum absolute atomic E-state index is 0.746. The maximum Gasteiger partial charge on any atom is 0.0193 e. The third kappa shape index (κ3) is 2.78. The van der Waals surface area contributed by atoms with Gasteiger partial charge < -0.3 is 5.32 Å². The van der Waals surface area contributed by atoms with Gasteiger partial charge in [0.2, 0.25) is 0 Å². The lowest BCUT2D eigenvalue weighted by Gasteiger charge is -2.29. The highest BCUT2D eigenvalue weighted by Crippen LogP contribution is 2.27. The van der Waals surface area contributed by atoms with Crippen molar-refractivity contribution in [1.82, 2.24) is 5.32 Å². The fraction of sp³-hybridized carbons (Fsp3) is 0.909. The van der Waals surface area contributed by atoms with Crippen LogP contribution in [0.1, 0.15) is 52.4 Å². The SMILES string of the molecule is C[CH]NC(CC)C1CCCCC1. The van der Waals surface area contributed by atoms with Gasteiger partial charge in [0, 0.05) is 12.6 Å². The second kappa shape index (κ2) is 5.58. The summed E-state index contributed by atoms with van der Waals surface area (Å²) in [6, 6.07) is 0.746. The Balaban J connectivity index is 2.29. The van der Waals surface area contributed by atoms with Gasteiger partial charge in [0.25, 0.3) is 0 Å².